The molecule has 0 aliphatic rings. The average Bonchev–Trinajstić information content (AvgIpc) is 2.40. The Morgan fingerprint density at radius 2 is 1.79 bits per heavy atom. The molecule has 0 saturated carbocycles. The van der Waals surface area contributed by atoms with Crippen LogP contribution in [0, 0.1) is 0 Å². The first-order valence-electron chi connectivity index (χ1n) is 6.54. The van der Waals surface area contributed by atoms with Crippen molar-refractivity contribution in [3.8, 4) is 0 Å². The number of nitrogen functional groups attached to an aromatic ring is 1. The van der Waals surface area contributed by atoms with Crippen molar-refractivity contribution in [2.45, 2.75) is 26.2 Å². The third kappa shape index (κ3) is 3.22. The summed E-state index contributed by atoms with van der Waals surface area (Å²) in [7, 11) is 0. The molecule has 0 unspecified atom stereocenters. The molecule has 2 aromatic rings. The van der Waals surface area contributed by atoms with E-state index in [1.165, 1.54) is 0 Å². The molecule has 0 saturated heterocycles. The average molecular weight is 253 g/mol. The molecule has 2 N–H and O–H groups in total. The molecule has 0 heterocycles. The number of nitrogens with two attached hydrogens (primary N) is 1. The Hall–Kier alpha value is -2.09. The molecule has 0 fully saturated rings. The van der Waals surface area contributed by atoms with E-state index in [2.05, 4.69) is 13.8 Å². The summed E-state index contributed by atoms with van der Waals surface area (Å²) in [5.74, 6) is 0.468. The van der Waals surface area contributed by atoms with Crippen LogP contribution in [-0.2, 0) is 6.42 Å². The van der Waals surface area contributed by atoms with Gasteiger partial charge >= 0.3 is 0 Å². The first-order chi connectivity index (χ1) is 9.08. The molecule has 2 nitrogen and oxygen atoms in total. The first kappa shape index (κ1) is 13.3. The van der Waals surface area contributed by atoms with Crippen LogP contribution >= 0.6 is 0 Å². The van der Waals surface area contributed by atoms with Gasteiger partial charge < -0.3 is 5.73 Å². The smallest absolute Gasteiger partial charge is 0.169 e. The summed E-state index contributed by atoms with van der Waals surface area (Å²) >= 11 is 0. The molecular formula is C17H19NO. The highest BCUT2D eigenvalue weighted by molar-refractivity contribution is 6.02. The van der Waals surface area contributed by atoms with Crippen molar-refractivity contribution in [1.82, 2.24) is 0 Å². The fourth-order valence-electron chi connectivity index (χ4n) is 2.05. The van der Waals surface area contributed by atoms with E-state index in [9.17, 15) is 4.79 Å². The van der Waals surface area contributed by atoms with Gasteiger partial charge in [-0.05, 0) is 29.2 Å². The number of anilines is 1. The summed E-state index contributed by atoms with van der Waals surface area (Å²) in [6.45, 7) is 4.22. The van der Waals surface area contributed by atoms with E-state index in [4.69, 9.17) is 5.73 Å². The van der Waals surface area contributed by atoms with Gasteiger partial charge in [0.2, 0.25) is 0 Å². The Balaban J connectivity index is 2.26. The summed E-state index contributed by atoms with van der Waals surface area (Å²) < 4.78 is 0. The number of hydrogen-bond acceptors (Lipinski definition) is 2. The highest BCUT2D eigenvalue weighted by atomic mass is 16.1. The minimum absolute atomic E-state index is 0.0752. The molecule has 2 aromatic carbocycles. The number of carbonyl (C=O) groups excluding carboxylic acids is 1. The lowest BCUT2D eigenvalue weighted by Gasteiger charge is -2.10. The van der Waals surface area contributed by atoms with Crippen molar-refractivity contribution in [1.29, 1.82) is 0 Å². The largest absolute Gasteiger partial charge is 0.398 e. The maximum absolute atomic E-state index is 12.3. The molecule has 98 valence electrons. The first-order valence-corrected chi connectivity index (χ1v) is 6.54. The van der Waals surface area contributed by atoms with Crippen LogP contribution in [0.5, 0.6) is 0 Å². The Morgan fingerprint density at radius 3 is 2.42 bits per heavy atom. The van der Waals surface area contributed by atoms with E-state index in [1.54, 1.807) is 0 Å². The molecule has 0 spiro atoms. The Bertz CT molecular complexity index is 573. The van der Waals surface area contributed by atoms with Crippen molar-refractivity contribution in [3.05, 3.63) is 65.2 Å². The van der Waals surface area contributed by atoms with Crippen LogP contribution in [0.1, 0.15) is 41.3 Å². The van der Waals surface area contributed by atoms with E-state index in [1.807, 2.05) is 48.5 Å². The highest BCUT2D eigenvalue weighted by Crippen LogP contribution is 2.21. The lowest BCUT2D eigenvalue weighted by molar-refractivity contribution is 0.0993. The van der Waals surface area contributed by atoms with Crippen molar-refractivity contribution < 1.29 is 4.79 Å². The van der Waals surface area contributed by atoms with Crippen LogP contribution in [0.3, 0.4) is 0 Å². The molecule has 0 bridgehead atoms. The molecular weight excluding hydrogens is 234 g/mol. The van der Waals surface area contributed by atoms with Gasteiger partial charge in [-0.3, -0.25) is 4.79 Å². The van der Waals surface area contributed by atoms with Crippen molar-refractivity contribution in [2.24, 2.45) is 0 Å². The van der Waals surface area contributed by atoms with Crippen LogP contribution < -0.4 is 5.73 Å². The highest BCUT2D eigenvalue weighted by Gasteiger charge is 2.12. The van der Waals surface area contributed by atoms with Gasteiger partial charge in [0.1, 0.15) is 0 Å². The molecule has 0 aliphatic carbocycles. The van der Waals surface area contributed by atoms with Gasteiger partial charge in [0.15, 0.2) is 5.78 Å². The molecule has 19 heavy (non-hydrogen) atoms. The summed E-state index contributed by atoms with van der Waals surface area (Å²) in [5, 5.41) is 0. The topological polar surface area (TPSA) is 43.1 Å². The second-order valence-corrected chi connectivity index (χ2v) is 5.09. The lowest BCUT2D eigenvalue weighted by atomic mass is 9.95. The monoisotopic (exact) mass is 253 g/mol. The maximum Gasteiger partial charge on any atom is 0.169 e. The number of carbonyl (C=O) groups is 1. The summed E-state index contributed by atoms with van der Waals surface area (Å²) in [5.41, 5.74) is 9.28. The van der Waals surface area contributed by atoms with Crippen LogP contribution in [-0.4, -0.2) is 5.78 Å². The third-order valence-electron chi connectivity index (χ3n) is 3.25. The van der Waals surface area contributed by atoms with Gasteiger partial charge in [-0.15, -0.1) is 0 Å². The fraction of sp³-hybridized carbons (Fsp3) is 0.235. The van der Waals surface area contributed by atoms with Crippen molar-refractivity contribution in [3.63, 3.8) is 0 Å². The molecule has 0 radical (unpaired) electrons. The van der Waals surface area contributed by atoms with Gasteiger partial charge in [0, 0.05) is 17.7 Å². The summed E-state index contributed by atoms with van der Waals surface area (Å²) in [4.78, 5) is 12.3. The predicted molar refractivity (Wildman–Crippen MR) is 79.4 cm³/mol. The molecule has 0 amide bonds. The molecule has 0 atom stereocenters. The number of rotatable bonds is 4. The quantitative estimate of drug-likeness (QED) is 0.665. The van der Waals surface area contributed by atoms with Crippen LogP contribution in [0.2, 0.25) is 0 Å². The zero-order chi connectivity index (χ0) is 13.8. The van der Waals surface area contributed by atoms with Crippen molar-refractivity contribution in [2.75, 3.05) is 5.73 Å². The van der Waals surface area contributed by atoms with Gasteiger partial charge in [0.05, 0.1) is 0 Å². The van der Waals surface area contributed by atoms with E-state index in [0.29, 0.717) is 23.6 Å². The molecule has 2 heteroatoms. The molecule has 0 aromatic heterocycles. The van der Waals surface area contributed by atoms with Crippen LogP contribution in [0.4, 0.5) is 5.69 Å². The maximum atomic E-state index is 12.3. The second-order valence-electron chi connectivity index (χ2n) is 5.09. The zero-order valence-corrected chi connectivity index (χ0v) is 11.4. The summed E-state index contributed by atoms with van der Waals surface area (Å²) in [6, 6.07) is 15.5. The van der Waals surface area contributed by atoms with E-state index in [-0.39, 0.29) is 5.78 Å². The number of Topliss-reactive ketones (excluding diaryl/α,β-unsaturated/α-hetero) is 1. The van der Waals surface area contributed by atoms with Crippen LogP contribution in [0.15, 0.2) is 48.5 Å². The van der Waals surface area contributed by atoms with E-state index >= 15 is 0 Å². The Labute approximate surface area is 114 Å². The lowest BCUT2D eigenvalue weighted by Crippen LogP contribution is -2.08. The second kappa shape index (κ2) is 5.70. The minimum Gasteiger partial charge on any atom is -0.398 e. The van der Waals surface area contributed by atoms with Crippen LogP contribution in [0.25, 0.3) is 0 Å². The predicted octanol–water partition coefficient (Wildman–Crippen LogP) is 3.82. The fourth-order valence-corrected chi connectivity index (χ4v) is 2.05. The number of benzene rings is 2. The van der Waals surface area contributed by atoms with Gasteiger partial charge in [0.25, 0.3) is 0 Å². The van der Waals surface area contributed by atoms with Gasteiger partial charge in [-0.2, -0.15) is 0 Å². The molecule has 0 aliphatic heterocycles. The number of hydrogen-bond donors (Lipinski definition) is 1. The Kier molecular flexibility index (Phi) is 4.00. The normalized spacial score (nSPS) is 10.7. The molecule has 2 rings (SSSR count). The Morgan fingerprint density at radius 1 is 1.11 bits per heavy atom. The SMILES string of the molecule is CC(C)c1ccc(N)c(C(=O)Cc2ccccc2)c1. The van der Waals surface area contributed by atoms with Gasteiger partial charge in [-0.1, -0.05) is 50.2 Å². The zero-order valence-electron chi connectivity index (χ0n) is 11.4. The summed E-state index contributed by atoms with van der Waals surface area (Å²) in [6.07, 6.45) is 0.395. The standard InChI is InChI=1S/C17H19NO/c1-12(2)14-8-9-16(18)15(11-14)17(19)10-13-6-4-3-5-7-13/h3-9,11-12H,10,18H2,1-2H3. The van der Waals surface area contributed by atoms with Gasteiger partial charge in [-0.25, -0.2) is 0 Å². The van der Waals surface area contributed by atoms with E-state index in [0.717, 1.165) is 11.1 Å². The van der Waals surface area contributed by atoms with E-state index < -0.39 is 0 Å². The third-order valence-corrected chi connectivity index (χ3v) is 3.25. The van der Waals surface area contributed by atoms with Crippen molar-refractivity contribution >= 4 is 11.5 Å². The number of ketones is 1. The minimum atomic E-state index is 0.0752.